The Morgan fingerprint density at radius 3 is 2.21 bits per heavy atom. The van der Waals surface area contributed by atoms with Crippen molar-refractivity contribution in [1.82, 2.24) is 0 Å². The van der Waals surface area contributed by atoms with E-state index in [4.69, 9.17) is 0 Å². The van der Waals surface area contributed by atoms with Gasteiger partial charge in [-0.1, -0.05) is 6.07 Å². The maximum Gasteiger partial charge on any atom is 0.419 e. The normalized spacial score (nSPS) is 11.6. The smallest absolute Gasteiger partial charge is 0.419 e. The molecule has 0 bridgehead atoms. The molecule has 0 aliphatic heterocycles. The maximum atomic E-state index is 15.0. The highest BCUT2D eigenvalue weighted by Gasteiger charge is 2.37. The number of carbonyl (C=O) groups excluding carboxylic acids is 1. The molecule has 0 spiro atoms. The van der Waals surface area contributed by atoms with Crippen LogP contribution in [0.4, 0.5) is 26.3 Å². The second-order valence-electron chi connectivity index (χ2n) is 6.32. The van der Waals surface area contributed by atoms with Crippen molar-refractivity contribution in [2.75, 3.05) is 6.61 Å². The Morgan fingerprint density at radius 2 is 1.68 bits per heavy atom. The lowest BCUT2D eigenvalue weighted by Gasteiger charge is -2.18. The van der Waals surface area contributed by atoms with E-state index in [-0.39, 0.29) is 23.8 Å². The Hall–Kier alpha value is -2.51. The Bertz CT molecular complexity index is 880. The molecule has 0 aliphatic rings. The minimum Gasteiger partial charge on any atom is -0.466 e. The highest BCUT2D eigenvalue weighted by molar-refractivity contribution is 5.72. The van der Waals surface area contributed by atoms with Crippen molar-refractivity contribution < 1.29 is 35.9 Å². The molecule has 2 rings (SSSR count). The minimum atomic E-state index is -5.12. The quantitative estimate of drug-likeness (QED) is 0.458. The molecule has 0 saturated heterocycles. The molecular formula is C20H18F6O2. The highest BCUT2D eigenvalue weighted by Crippen LogP contribution is 2.40. The number of aryl methyl sites for hydroxylation is 2. The van der Waals surface area contributed by atoms with Crippen molar-refractivity contribution in [3.8, 4) is 11.1 Å². The number of benzene rings is 2. The summed E-state index contributed by atoms with van der Waals surface area (Å²) in [5, 5.41) is 0. The third-order valence-corrected chi connectivity index (χ3v) is 4.18. The van der Waals surface area contributed by atoms with Crippen molar-refractivity contribution >= 4 is 5.97 Å². The van der Waals surface area contributed by atoms with E-state index >= 15 is 0 Å². The van der Waals surface area contributed by atoms with Gasteiger partial charge in [0.05, 0.1) is 12.2 Å². The fourth-order valence-corrected chi connectivity index (χ4v) is 3.02. The topological polar surface area (TPSA) is 26.3 Å². The van der Waals surface area contributed by atoms with Gasteiger partial charge in [-0.25, -0.2) is 13.2 Å². The van der Waals surface area contributed by atoms with Crippen LogP contribution < -0.4 is 0 Å². The first-order chi connectivity index (χ1) is 13.0. The van der Waals surface area contributed by atoms with Gasteiger partial charge in [-0.2, -0.15) is 13.2 Å². The number of alkyl halides is 3. The molecule has 0 aliphatic carbocycles. The van der Waals surface area contributed by atoms with Crippen LogP contribution in [0.5, 0.6) is 0 Å². The summed E-state index contributed by atoms with van der Waals surface area (Å²) in [6.07, 6.45) is -6.29. The lowest BCUT2D eigenvalue weighted by atomic mass is 9.92. The summed E-state index contributed by atoms with van der Waals surface area (Å²) in [7, 11) is 0. The van der Waals surface area contributed by atoms with E-state index in [0.29, 0.717) is 5.56 Å². The lowest BCUT2D eigenvalue weighted by Crippen LogP contribution is -2.14. The van der Waals surface area contributed by atoms with Crippen LogP contribution >= 0.6 is 0 Å². The van der Waals surface area contributed by atoms with Crippen LogP contribution in [0.3, 0.4) is 0 Å². The highest BCUT2D eigenvalue weighted by atomic mass is 19.4. The van der Waals surface area contributed by atoms with Crippen molar-refractivity contribution in [3.63, 3.8) is 0 Å². The van der Waals surface area contributed by atoms with Crippen LogP contribution in [0.2, 0.25) is 0 Å². The molecule has 0 atom stereocenters. The number of halogens is 6. The van der Waals surface area contributed by atoms with Gasteiger partial charge in [0.2, 0.25) is 0 Å². The maximum absolute atomic E-state index is 15.0. The van der Waals surface area contributed by atoms with Crippen molar-refractivity contribution in [2.45, 2.75) is 39.8 Å². The molecule has 152 valence electrons. The number of esters is 1. The molecule has 2 nitrogen and oxygen atoms in total. The largest absolute Gasteiger partial charge is 0.466 e. The van der Waals surface area contributed by atoms with Gasteiger partial charge in [-0.05, 0) is 50.5 Å². The summed E-state index contributed by atoms with van der Waals surface area (Å²) in [5.74, 6) is -4.88. The van der Waals surface area contributed by atoms with E-state index in [0.717, 1.165) is 6.07 Å². The number of carbonyl (C=O) groups is 1. The number of rotatable bonds is 5. The first kappa shape index (κ1) is 21.8. The predicted octanol–water partition coefficient (Wildman–Crippen LogP) is 5.90. The molecular weight excluding hydrogens is 386 g/mol. The molecule has 0 N–H and O–H groups in total. The van der Waals surface area contributed by atoms with Crippen molar-refractivity contribution in [1.29, 1.82) is 0 Å². The van der Waals surface area contributed by atoms with Crippen LogP contribution in [0.1, 0.15) is 35.6 Å². The fourth-order valence-electron chi connectivity index (χ4n) is 3.02. The first-order valence-corrected chi connectivity index (χ1v) is 8.48. The monoisotopic (exact) mass is 404 g/mol. The fraction of sp³-hybridized carbons (Fsp3) is 0.350. The van der Waals surface area contributed by atoms with Gasteiger partial charge in [0.15, 0.2) is 0 Å². The Labute approximate surface area is 158 Å². The summed E-state index contributed by atoms with van der Waals surface area (Å²) in [6, 6.07) is 2.79. The lowest BCUT2D eigenvalue weighted by molar-refractivity contribution is -0.143. The molecule has 28 heavy (non-hydrogen) atoms. The minimum absolute atomic E-state index is 0.0193. The SMILES string of the molecule is CCOC(=O)CCc1c(F)c(-c2c(C)cc(C)cc2F)cc(C(F)(F)F)c1F. The third-order valence-electron chi connectivity index (χ3n) is 4.18. The van der Waals surface area contributed by atoms with E-state index < -0.39 is 59.1 Å². The Kier molecular flexibility index (Phi) is 6.41. The van der Waals surface area contributed by atoms with Crippen LogP contribution in [-0.4, -0.2) is 12.6 Å². The zero-order valence-corrected chi connectivity index (χ0v) is 15.4. The van der Waals surface area contributed by atoms with Crippen LogP contribution in [0.15, 0.2) is 18.2 Å². The molecule has 0 fully saturated rings. The van der Waals surface area contributed by atoms with Gasteiger partial charge in [0.25, 0.3) is 0 Å². The summed E-state index contributed by atoms with van der Waals surface area (Å²) in [5.41, 5.74) is -3.04. The zero-order valence-electron chi connectivity index (χ0n) is 15.4. The van der Waals surface area contributed by atoms with E-state index in [1.807, 2.05) is 0 Å². The van der Waals surface area contributed by atoms with Gasteiger partial charge in [-0.3, -0.25) is 4.79 Å². The Morgan fingerprint density at radius 1 is 1.04 bits per heavy atom. The average molecular weight is 404 g/mol. The van der Waals surface area contributed by atoms with Crippen LogP contribution in [-0.2, 0) is 22.1 Å². The van der Waals surface area contributed by atoms with Gasteiger partial charge >= 0.3 is 12.1 Å². The summed E-state index contributed by atoms with van der Waals surface area (Å²) in [4.78, 5) is 11.5. The van der Waals surface area contributed by atoms with Gasteiger partial charge in [0, 0.05) is 23.1 Å². The molecule has 2 aromatic rings. The van der Waals surface area contributed by atoms with Crippen molar-refractivity contribution in [3.05, 3.63) is 57.9 Å². The summed E-state index contributed by atoms with van der Waals surface area (Å²) in [6.45, 7) is 4.53. The first-order valence-electron chi connectivity index (χ1n) is 8.48. The van der Waals surface area contributed by atoms with Gasteiger partial charge in [0.1, 0.15) is 17.5 Å². The molecule has 0 unspecified atom stereocenters. The summed E-state index contributed by atoms with van der Waals surface area (Å²) >= 11 is 0. The Balaban J connectivity index is 2.70. The predicted molar refractivity (Wildman–Crippen MR) is 91.2 cm³/mol. The van der Waals surface area contributed by atoms with Crippen molar-refractivity contribution in [2.24, 2.45) is 0 Å². The zero-order chi connectivity index (χ0) is 21.2. The number of hydrogen-bond donors (Lipinski definition) is 0. The van der Waals surface area contributed by atoms with Crippen LogP contribution in [0, 0.1) is 31.3 Å². The molecule has 0 amide bonds. The molecule has 8 heteroatoms. The average Bonchev–Trinajstić information content (AvgIpc) is 2.54. The van der Waals surface area contributed by atoms with E-state index in [9.17, 15) is 31.1 Å². The molecule has 0 saturated carbocycles. The van der Waals surface area contributed by atoms with Gasteiger partial charge in [-0.15, -0.1) is 0 Å². The third kappa shape index (κ3) is 4.48. The molecule has 2 aromatic carbocycles. The van der Waals surface area contributed by atoms with Gasteiger partial charge < -0.3 is 4.74 Å². The molecule has 0 radical (unpaired) electrons. The second kappa shape index (κ2) is 8.24. The number of hydrogen-bond acceptors (Lipinski definition) is 2. The molecule has 0 heterocycles. The van der Waals surface area contributed by atoms with E-state index in [2.05, 4.69) is 4.74 Å². The van der Waals surface area contributed by atoms with Crippen LogP contribution in [0.25, 0.3) is 11.1 Å². The van der Waals surface area contributed by atoms with E-state index in [1.165, 1.54) is 19.9 Å². The summed E-state index contributed by atoms with van der Waals surface area (Å²) < 4.78 is 88.3. The number of ether oxygens (including phenoxy) is 1. The second-order valence-corrected chi connectivity index (χ2v) is 6.32. The standard InChI is InChI=1S/C20H18F6O2/c1-4-28-16(27)6-5-12-18(22)13(9-14(19(12)23)20(24,25)26)17-11(3)7-10(2)8-15(17)21/h7-9H,4-6H2,1-3H3. The van der Waals surface area contributed by atoms with E-state index in [1.54, 1.807) is 6.92 Å². The molecule has 0 aromatic heterocycles.